The third kappa shape index (κ3) is 3.98. The van der Waals surface area contributed by atoms with Gasteiger partial charge in [-0.2, -0.15) is 0 Å². The number of rotatable bonds is 5. The number of carbonyl (C=O) groups is 1. The zero-order valence-electron chi connectivity index (χ0n) is 12.6. The Hall–Kier alpha value is -2.15. The van der Waals surface area contributed by atoms with E-state index in [2.05, 4.69) is 0 Å². The molecule has 2 heterocycles. The van der Waals surface area contributed by atoms with Gasteiger partial charge in [-0.1, -0.05) is 6.07 Å². The van der Waals surface area contributed by atoms with Crippen LogP contribution in [0.3, 0.4) is 0 Å². The second kappa shape index (κ2) is 7.41. The van der Waals surface area contributed by atoms with Crippen molar-refractivity contribution in [3.05, 3.63) is 52.2 Å². The average Bonchev–Trinajstić information content (AvgIpc) is 3.27. The highest BCUT2D eigenvalue weighted by molar-refractivity contribution is 7.10. The number of methoxy groups -OCH3 is 1. The Bertz CT molecular complexity index is 687. The van der Waals surface area contributed by atoms with Gasteiger partial charge in [0.05, 0.1) is 20.3 Å². The van der Waals surface area contributed by atoms with Crippen LogP contribution in [0.5, 0.6) is 11.5 Å². The molecule has 2 aromatic rings. The Morgan fingerprint density at radius 3 is 2.78 bits per heavy atom. The summed E-state index contributed by atoms with van der Waals surface area (Å²) in [5, 5.41) is 1.94. The Balaban J connectivity index is 1.70. The molecule has 0 atom stereocenters. The van der Waals surface area contributed by atoms with Gasteiger partial charge in [0.25, 0.3) is 0 Å². The van der Waals surface area contributed by atoms with Crippen molar-refractivity contribution in [3.8, 4) is 11.5 Å². The van der Waals surface area contributed by atoms with Crippen molar-refractivity contribution in [1.82, 2.24) is 0 Å². The molecular formula is C17H16O5S. The molecule has 0 aliphatic carbocycles. The van der Waals surface area contributed by atoms with Gasteiger partial charge >= 0.3 is 5.97 Å². The number of benzene rings is 1. The van der Waals surface area contributed by atoms with Crippen LogP contribution in [0.15, 0.2) is 41.8 Å². The Morgan fingerprint density at radius 2 is 2.09 bits per heavy atom. The van der Waals surface area contributed by atoms with Gasteiger partial charge in [0.2, 0.25) is 0 Å². The van der Waals surface area contributed by atoms with Gasteiger partial charge < -0.3 is 18.9 Å². The van der Waals surface area contributed by atoms with Gasteiger partial charge in [0, 0.05) is 16.5 Å². The summed E-state index contributed by atoms with van der Waals surface area (Å²) in [7, 11) is 1.52. The fraction of sp³-hybridized carbons (Fsp3) is 0.235. The zero-order chi connectivity index (χ0) is 16.1. The molecule has 1 aliphatic rings. The monoisotopic (exact) mass is 332 g/mol. The predicted octanol–water partition coefficient (Wildman–Crippen LogP) is 3.42. The number of ether oxygens (including phenoxy) is 4. The van der Waals surface area contributed by atoms with Crippen molar-refractivity contribution < 1.29 is 23.7 Å². The predicted molar refractivity (Wildman–Crippen MR) is 86.6 cm³/mol. The average molecular weight is 332 g/mol. The molecule has 1 saturated heterocycles. The van der Waals surface area contributed by atoms with E-state index in [0.29, 0.717) is 24.7 Å². The van der Waals surface area contributed by atoms with Crippen LogP contribution in [0.4, 0.5) is 0 Å². The highest BCUT2D eigenvalue weighted by Gasteiger charge is 2.20. The minimum absolute atomic E-state index is 0.357. The zero-order valence-corrected chi connectivity index (χ0v) is 13.4. The topological polar surface area (TPSA) is 54.0 Å². The first kappa shape index (κ1) is 15.7. The van der Waals surface area contributed by atoms with Crippen molar-refractivity contribution >= 4 is 23.4 Å². The molecule has 120 valence electrons. The van der Waals surface area contributed by atoms with E-state index >= 15 is 0 Å². The first-order valence-electron chi connectivity index (χ1n) is 7.11. The maximum Gasteiger partial charge on any atom is 0.336 e. The van der Waals surface area contributed by atoms with Crippen LogP contribution in [-0.4, -0.2) is 26.3 Å². The van der Waals surface area contributed by atoms with Crippen LogP contribution in [0.25, 0.3) is 6.08 Å². The van der Waals surface area contributed by atoms with Gasteiger partial charge in [0.1, 0.15) is 0 Å². The van der Waals surface area contributed by atoms with Crippen LogP contribution in [-0.2, 0) is 14.3 Å². The van der Waals surface area contributed by atoms with E-state index in [1.807, 2.05) is 17.5 Å². The van der Waals surface area contributed by atoms with Crippen LogP contribution >= 0.6 is 11.3 Å². The molecule has 1 fully saturated rings. The lowest BCUT2D eigenvalue weighted by atomic mass is 10.2. The molecule has 23 heavy (non-hydrogen) atoms. The summed E-state index contributed by atoms with van der Waals surface area (Å²) in [6.07, 6.45) is 2.71. The molecule has 1 aliphatic heterocycles. The van der Waals surface area contributed by atoms with Gasteiger partial charge in [-0.25, -0.2) is 4.79 Å². The fourth-order valence-electron chi connectivity index (χ4n) is 2.14. The molecule has 0 saturated carbocycles. The summed E-state index contributed by atoms with van der Waals surface area (Å²) >= 11 is 1.55. The van der Waals surface area contributed by atoms with E-state index in [4.69, 9.17) is 18.9 Å². The van der Waals surface area contributed by atoms with E-state index < -0.39 is 12.3 Å². The van der Waals surface area contributed by atoms with Gasteiger partial charge in [-0.05, 0) is 35.7 Å². The first-order chi connectivity index (χ1) is 11.3. The van der Waals surface area contributed by atoms with E-state index in [1.165, 1.54) is 13.2 Å². The molecule has 3 rings (SSSR count). The molecular weight excluding hydrogens is 316 g/mol. The van der Waals surface area contributed by atoms with Crippen LogP contribution in [0, 0.1) is 0 Å². The van der Waals surface area contributed by atoms with Crippen molar-refractivity contribution in [1.29, 1.82) is 0 Å². The lowest BCUT2D eigenvalue weighted by molar-refractivity contribution is -0.129. The second-order valence-electron chi connectivity index (χ2n) is 4.75. The molecule has 1 aromatic heterocycles. The molecule has 6 heteroatoms. The molecule has 0 N–H and O–H groups in total. The number of esters is 1. The van der Waals surface area contributed by atoms with E-state index in [0.717, 1.165) is 10.4 Å². The SMILES string of the molecule is COc1cc(C2OCCO2)ccc1OC(=O)/C=C/c1cccs1. The Morgan fingerprint density at radius 1 is 1.26 bits per heavy atom. The largest absolute Gasteiger partial charge is 0.493 e. The van der Waals surface area contributed by atoms with E-state index in [1.54, 1.807) is 35.6 Å². The third-order valence-corrected chi connectivity index (χ3v) is 4.06. The third-order valence-electron chi connectivity index (χ3n) is 3.22. The Labute approximate surface area is 138 Å². The standard InChI is InChI=1S/C17H16O5S/c1-19-15-11-12(17-20-8-9-21-17)4-6-14(15)22-16(18)7-5-13-3-2-10-23-13/h2-7,10-11,17H,8-9H2,1H3/b7-5+. The minimum atomic E-state index is -0.460. The maximum absolute atomic E-state index is 11.9. The summed E-state index contributed by atoms with van der Waals surface area (Å²) in [4.78, 5) is 12.9. The van der Waals surface area contributed by atoms with Crippen molar-refractivity contribution in [2.45, 2.75) is 6.29 Å². The first-order valence-corrected chi connectivity index (χ1v) is 7.99. The lowest BCUT2D eigenvalue weighted by Gasteiger charge is -2.13. The van der Waals surface area contributed by atoms with Crippen molar-refractivity contribution in [3.63, 3.8) is 0 Å². The van der Waals surface area contributed by atoms with Crippen LogP contribution in [0.1, 0.15) is 16.7 Å². The van der Waals surface area contributed by atoms with E-state index in [-0.39, 0.29) is 0 Å². The summed E-state index contributed by atoms with van der Waals surface area (Å²) in [5.41, 5.74) is 0.827. The van der Waals surface area contributed by atoms with Crippen LogP contribution < -0.4 is 9.47 Å². The van der Waals surface area contributed by atoms with Crippen molar-refractivity contribution in [2.75, 3.05) is 20.3 Å². The minimum Gasteiger partial charge on any atom is -0.493 e. The summed E-state index contributed by atoms with van der Waals surface area (Å²) in [5.74, 6) is 0.354. The van der Waals surface area contributed by atoms with Gasteiger partial charge in [-0.3, -0.25) is 0 Å². The van der Waals surface area contributed by atoms with E-state index in [9.17, 15) is 4.79 Å². The lowest BCUT2D eigenvalue weighted by Crippen LogP contribution is -2.06. The molecule has 0 unspecified atom stereocenters. The smallest absolute Gasteiger partial charge is 0.336 e. The fourth-order valence-corrected chi connectivity index (χ4v) is 2.76. The van der Waals surface area contributed by atoms with Crippen LogP contribution in [0.2, 0.25) is 0 Å². The maximum atomic E-state index is 11.9. The highest BCUT2D eigenvalue weighted by atomic mass is 32.1. The normalized spacial score (nSPS) is 15.2. The van der Waals surface area contributed by atoms with Crippen molar-refractivity contribution in [2.24, 2.45) is 0 Å². The Kier molecular flexibility index (Phi) is 5.07. The number of carbonyl (C=O) groups excluding carboxylic acids is 1. The van der Waals surface area contributed by atoms with Gasteiger partial charge in [-0.15, -0.1) is 11.3 Å². The quantitative estimate of drug-likeness (QED) is 0.477. The van der Waals surface area contributed by atoms with Gasteiger partial charge in [0.15, 0.2) is 17.8 Å². The molecule has 5 nitrogen and oxygen atoms in total. The second-order valence-corrected chi connectivity index (χ2v) is 5.73. The number of hydrogen-bond donors (Lipinski definition) is 0. The molecule has 0 spiro atoms. The summed E-state index contributed by atoms with van der Waals surface area (Å²) in [6.45, 7) is 1.13. The molecule has 1 aromatic carbocycles. The highest BCUT2D eigenvalue weighted by Crippen LogP contribution is 2.33. The number of hydrogen-bond acceptors (Lipinski definition) is 6. The molecule has 0 radical (unpaired) electrons. The number of thiophene rings is 1. The summed E-state index contributed by atoms with van der Waals surface area (Å²) in [6, 6.07) is 9.07. The molecule has 0 amide bonds. The molecule has 0 bridgehead atoms. The summed E-state index contributed by atoms with van der Waals surface area (Å²) < 4.78 is 21.5.